The Bertz CT molecular complexity index is 367. The molecule has 0 aliphatic heterocycles. The van der Waals surface area contributed by atoms with Crippen LogP contribution in [0.4, 0.5) is 8.78 Å². The predicted octanol–water partition coefficient (Wildman–Crippen LogP) is 2.66. The highest BCUT2D eigenvalue weighted by Gasteiger charge is 2.44. The maximum atomic E-state index is 13.2. The minimum Gasteiger partial charge on any atom is -0.300 e. The van der Waals surface area contributed by atoms with Gasteiger partial charge in [0.1, 0.15) is 17.4 Å². The number of ketones is 1. The Morgan fingerprint density at radius 3 is 2.36 bits per heavy atom. The van der Waals surface area contributed by atoms with Gasteiger partial charge in [-0.2, -0.15) is 0 Å². The summed E-state index contributed by atoms with van der Waals surface area (Å²) in [4.78, 5) is 11.0. The quantitative estimate of drug-likeness (QED) is 0.710. The number of halogens is 2. The van der Waals surface area contributed by atoms with Crippen molar-refractivity contribution < 1.29 is 13.6 Å². The minimum atomic E-state index is -0.543. The van der Waals surface area contributed by atoms with Crippen molar-refractivity contribution >= 4 is 5.78 Å². The van der Waals surface area contributed by atoms with Gasteiger partial charge in [0.2, 0.25) is 0 Å². The van der Waals surface area contributed by atoms with Crippen LogP contribution in [-0.4, -0.2) is 5.78 Å². The van der Waals surface area contributed by atoms with Crippen LogP contribution in [0.2, 0.25) is 0 Å². The lowest BCUT2D eigenvalue weighted by Crippen LogP contribution is -1.99. The summed E-state index contributed by atoms with van der Waals surface area (Å²) in [5.41, 5.74) is 0.0766. The molecule has 0 spiro atoms. The number of rotatable bonds is 2. The SMILES string of the molecule is CC(=O)C1CC1c1c(F)cccc1F. The van der Waals surface area contributed by atoms with E-state index in [1.54, 1.807) is 0 Å². The van der Waals surface area contributed by atoms with Crippen molar-refractivity contribution in [1.29, 1.82) is 0 Å². The summed E-state index contributed by atoms with van der Waals surface area (Å²) in [5, 5.41) is 0. The van der Waals surface area contributed by atoms with Crippen LogP contribution in [0, 0.1) is 17.6 Å². The van der Waals surface area contributed by atoms with Gasteiger partial charge in [-0.25, -0.2) is 8.78 Å². The first-order valence-electron chi connectivity index (χ1n) is 4.55. The molecule has 0 bridgehead atoms. The molecule has 0 saturated heterocycles. The van der Waals surface area contributed by atoms with Crippen molar-refractivity contribution in [1.82, 2.24) is 0 Å². The second-order valence-electron chi connectivity index (χ2n) is 3.69. The molecule has 0 radical (unpaired) electrons. The van der Waals surface area contributed by atoms with Gasteiger partial charge in [-0.3, -0.25) is 4.79 Å². The monoisotopic (exact) mass is 196 g/mol. The van der Waals surface area contributed by atoms with E-state index in [1.165, 1.54) is 25.1 Å². The van der Waals surface area contributed by atoms with E-state index in [9.17, 15) is 13.6 Å². The van der Waals surface area contributed by atoms with Gasteiger partial charge in [-0.05, 0) is 25.5 Å². The van der Waals surface area contributed by atoms with E-state index < -0.39 is 11.6 Å². The molecule has 0 aromatic heterocycles. The first-order chi connectivity index (χ1) is 6.61. The molecule has 3 heteroatoms. The molecule has 1 aliphatic carbocycles. The van der Waals surface area contributed by atoms with Gasteiger partial charge >= 0.3 is 0 Å². The smallest absolute Gasteiger partial charge is 0.133 e. The molecular formula is C11H10F2O. The Labute approximate surface area is 80.7 Å². The fourth-order valence-corrected chi connectivity index (χ4v) is 1.83. The van der Waals surface area contributed by atoms with E-state index in [4.69, 9.17) is 0 Å². The number of carbonyl (C=O) groups is 1. The normalized spacial score (nSPS) is 24.8. The van der Waals surface area contributed by atoms with E-state index >= 15 is 0 Å². The number of hydrogen-bond acceptors (Lipinski definition) is 1. The van der Waals surface area contributed by atoms with Crippen molar-refractivity contribution in [2.45, 2.75) is 19.3 Å². The van der Waals surface area contributed by atoms with Crippen LogP contribution in [0.15, 0.2) is 18.2 Å². The standard InChI is InChI=1S/C11H10F2O/c1-6(14)7-5-8(7)11-9(12)3-2-4-10(11)13/h2-4,7-8H,5H2,1H3. The fraction of sp³-hybridized carbons (Fsp3) is 0.364. The third kappa shape index (κ3) is 1.43. The molecule has 1 nitrogen and oxygen atoms in total. The Balaban J connectivity index is 2.31. The zero-order chi connectivity index (χ0) is 10.3. The lowest BCUT2D eigenvalue weighted by atomic mass is 10.1. The first-order valence-corrected chi connectivity index (χ1v) is 4.55. The molecule has 1 aromatic rings. The predicted molar refractivity (Wildman–Crippen MR) is 47.9 cm³/mol. The van der Waals surface area contributed by atoms with Crippen molar-refractivity contribution in [3.8, 4) is 0 Å². The van der Waals surface area contributed by atoms with E-state index in [0.717, 1.165) is 0 Å². The summed E-state index contributed by atoms with van der Waals surface area (Å²) in [7, 11) is 0. The summed E-state index contributed by atoms with van der Waals surface area (Å²) < 4.78 is 26.5. The average Bonchev–Trinajstić information content (AvgIpc) is 2.83. The Morgan fingerprint density at radius 2 is 1.93 bits per heavy atom. The topological polar surface area (TPSA) is 17.1 Å². The third-order valence-electron chi connectivity index (χ3n) is 2.68. The molecule has 2 atom stereocenters. The van der Waals surface area contributed by atoms with E-state index in [1.807, 2.05) is 0 Å². The molecule has 1 aliphatic rings. The molecule has 0 heterocycles. The Kier molecular flexibility index (Phi) is 2.10. The summed E-state index contributed by atoms with van der Waals surface area (Å²) in [5.74, 6) is -1.50. The highest BCUT2D eigenvalue weighted by Crippen LogP contribution is 2.49. The van der Waals surface area contributed by atoms with Crippen LogP contribution < -0.4 is 0 Å². The molecule has 74 valence electrons. The Morgan fingerprint density at radius 1 is 1.36 bits per heavy atom. The summed E-state index contributed by atoms with van der Waals surface area (Å²) in [6, 6.07) is 3.79. The first kappa shape index (κ1) is 9.31. The lowest BCUT2D eigenvalue weighted by Gasteiger charge is -2.02. The van der Waals surface area contributed by atoms with Crippen molar-refractivity contribution in [2.24, 2.45) is 5.92 Å². The van der Waals surface area contributed by atoms with Gasteiger partial charge in [0.25, 0.3) is 0 Å². The van der Waals surface area contributed by atoms with Crippen LogP contribution in [0.5, 0.6) is 0 Å². The van der Waals surface area contributed by atoms with Crippen LogP contribution in [0.3, 0.4) is 0 Å². The van der Waals surface area contributed by atoms with Gasteiger partial charge in [-0.1, -0.05) is 6.07 Å². The molecule has 0 N–H and O–H groups in total. The molecule has 2 rings (SSSR count). The summed E-state index contributed by atoms with van der Waals surface area (Å²) >= 11 is 0. The second kappa shape index (κ2) is 3.15. The van der Waals surface area contributed by atoms with Crippen LogP contribution in [-0.2, 0) is 4.79 Å². The highest BCUT2D eigenvalue weighted by molar-refractivity contribution is 5.82. The van der Waals surface area contributed by atoms with Crippen molar-refractivity contribution in [3.63, 3.8) is 0 Å². The van der Waals surface area contributed by atoms with Crippen LogP contribution in [0.1, 0.15) is 24.8 Å². The number of benzene rings is 1. The van der Waals surface area contributed by atoms with E-state index in [-0.39, 0.29) is 23.2 Å². The molecule has 2 unspecified atom stereocenters. The maximum Gasteiger partial charge on any atom is 0.133 e. The maximum absolute atomic E-state index is 13.2. The average molecular weight is 196 g/mol. The molecule has 1 fully saturated rings. The van der Waals surface area contributed by atoms with Gasteiger partial charge in [0, 0.05) is 17.4 Å². The number of carbonyl (C=O) groups excluding carboxylic acids is 1. The molecule has 1 saturated carbocycles. The van der Waals surface area contributed by atoms with E-state index in [0.29, 0.717) is 6.42 Å². The minimum absolute atomic E-state index is 0.0117. The zero-order valence-corrected chi connectivity index (χ0v) is 7.76. The highest BCUT2D eigenvalue weighted by atomic mass is 19.1. The Hall–Kier alpha value is -1.25. The number of Topliss-reactive ketones (excluding diaryl/α,β-unsaturated/α-hetero) is 1. The van der Waals surface area contributed by atoms with Crippen molar-refractivity contribution in [3.05, 3.63) is 35.4 Å². The third-order valence-corrected chi connectivity index (χ3v) is 2.68. The van der Waals surface area contributed by atoms with Gasteiger partial charge in [0.15, 0.2) is 0 Å². The summed E-state index contributed by atoms with van der Waals surface area (Å²) in [6.07, 6.45) is 0.577. The molecule has 1 aromatic carbocycles. The summed E-state index contributed by atoms with van der Waals surface area (Å²) in [6.45, 7) is 1.46. The van der Waals surface area contributed by atoms with Crippen molar-refractivity contribution in [2.75, 3.05) is 0 Å². The fourth-order valence-electron chi connectivity index (χ4n) is 1.83. The van der Waals surface area contributed by atoms with Gasteiger partial charge in [0.05, 0.1) is 0 Å². The second-order valence-corrected chi connectivity index (χ2v) is 3.69. The van der Waals surface area contributed by atoms with Crippen LogP contribution >= 0.6 is 0 Å². The van der Waals surface area contributed by atoms with Crippen LogP contribution in [0.25, 0.3) is 0 Å². The molecular weight excluding hydrogens is 186 g/mol. The molecule has 0 amide bonds. The van der Waals surface area contributed by atoms with Gasteiger partial charge < -0.3 is 0 Å². The largest absolute Gasteiger partial charge is 0.300 e. The van der Waals surface area contributed by atoms with Gasteiger partial charge in [-0.15, -0.1) is 0 Å². The molecule has 14 heavy (non-hydrogen) atoms. The zero-order valence-electron chi connectivity index (χ0n) is 7.76. The lowest BCUT2D eigenvalue weighted by molar-refractivity contribution is -0.118. The van der Waals surface area contributed by atoms with E-state index in [2.05, 4.69) is 0 Å². The number of hydrogen-bond donors (Lipinski definition) is 0.